The number of nitrogens with zero attached hydrogens (tertiary/aromatic N) is 5. The van der Waals surface area contributed by atoms with Gasteiger partial charge >= 0.3 is 0 Å². The van der Waals surface area contributed by atoms with Gasteiger partial charge < -0.3 is 15.6 Å². The minimum Gasteiger partial charge on any atom is -0.352 e. The summed E-state index contributed by atoms with van der Waals surface area (Å²) in [4.78, 5) is 28.9. The largest absolute Gasteiger partial charge is 0.352 e. The molecule has 1 amide bonds. The van der Waals surface area contributed by atoms with E-state index in [0.29, 0.717) is 30.3 Å². The summed E-state index contributed by atoms with van der Waals surface area (Å²) in [7, 11) is 0. The van der Waals surface area contributed by atoms with Gasteiger partial charge in [-0.25, -0.2) is 15.0 Å². The molecule has 4 N–H and O–H groups in total. The molecule has 10 nitrogen and oxygen atoms in total. The lowest BCUT2D eigenvalue weighted by Crippen LogP contribution is -2.25. The zero-order valence-electron chi connectivity index (χ0n) is 16.8. The molecule has 0 fully saturated rings. The van der Waals surface area contributed by atoms with E-state index in [-0.39, 0.29) is 5.91 Å². The van der Waals surface area contributed by atoms with E-state index in [9.17, 15) is 4.79 Å². The highest BCUT2D eigenvalue weighted by Gasteiger charge is 2.10. The number of benzene rings is 1. The van der Waals surface area contributed by atoms with Gasteiger partial charge in [0.2, 0.25) is 5.95 Å². The average molecular weight is 446 g/mol. The summed E-state index contributed by atoms with van der Waals surface area (Å²) in [5.74, 6) is 1.22. The quantitative estimate of drug-likeness (QED) is 0.289. The summed E-state index contributed by atoms with van der Waals surface area (Å²) in [6.45, 7) is 0.532. The summed E-state index contributed by atoms with van der Waals surface area (Å²) in [6, 6.07) is 13.2. The molecular weight excluding hydrogens is 426 g/mol. The fourth-order valence-electron chi connectivity index (χ4n) is 3.15. The van der Waals surface area contributed by atoms with Gasteiger partial charge in [0.05, 0.1) is 6.33 Å². The topological polar surface area (TPSA) is 129 Å². The van der Waals surface area contributed by atoms with Crippen LogP contribution in [0.25, 0.3) is 5.65 Å². The van der Waals surface area contributed by atoms with Crippen LogP contribution in [0.2, 0.25) is 0 Å². The highest BCUT2D eigenvalue weighted by molar-refractivity contribution is 7.99. The molecule has 0 bridgehead atoms. The molecule has 0 aliphatic heterocycles. The highest BCUT2D eigenvalue weighted by Crippen LogP contribution is 2.28. The van der Waals surface area contributed by atoms with Crippen LogP contribution in [-0.2, 0) is 6.42 Å². The van der Waals surface area contributed by atoms with E-state index >= 15 is 0 Å². The Bertz CT molecular complexity index is 1340. The fourth-order valence-corrected chi connectivity index (χ4v) is 3.99. The molecule has 0 unspecified atom stereocenters. The average Bonchev–Trinajstić information content (AvgIpc) is 3.56. The number of aromatic nitrogens is 7. The van der Waals surface area contributed by atoms with E-state index in [1.54, 1.807) is 18.6 Å². The molecule has 32 heavy (non-hydrogen) atoms. The number of H-pyrrole nitrogens is 2. The predicted molar refractivity (Wildman–Crippen MR) is 120 cm³/mol. The number of carbonyl (C=O) groups excluding carboxylic acids is 1. The van der Waals surface area contributed by atoms with E-state index in [1.807, 2.05) is 47.0 Å². The molecule has 160 valence electrons. The number of nitrogens with one attached hydrogen (secondary N) is 4. The summed E-state index contributed by atoms with van der Waals surface area (Å²) in [5.41, 5.74) is 2.39. The number of aromatic amines is 2. The third-order valence-corrected chi connectivity index (χ3v) is 5.59. The van der Waals surface area contributed by atoms with Crippen molar-refractivity contribution in [2.24, 2.45) is 0 Å². The van der Waals surface area contributed by atoms with Gasteiger partial charge in [-0.3, -0.25) is 14.3 Å². The molecule has 0 radical (unpaired) electrons. The molecule has 0 spiro atoms. The van der Waals surface area contributed by atoms with Gasteiger partial charge in [0.25, 0.3) is 5.91 Å². The maximum atomic E-state index is 12.5. The smallest absolute Gasteiger partial charge is 0.251 e. The molecule has 5 aromatic rings. The Balaban J connectivity index is 1.21. The van der Waals surface area contributed by atoms with Crippen LogP contribution in [0.5, 0.6) is 0 Å². The van der Waals surface area contributed by atoms with Crippen LogP contribution in [0.15, 0.2) is 77.4 Å². The molecule has 0 saturated heterocycles. The monoisotopic (exact) mass is 445 g/mol. The zero-order valence-corrected chi connectivity index (χ0v) is 17.6. The Labute approximate surface area is 186 Å². The second kappa shape index (κ2) is 8.94. The first-order chi connectivity index (χ1) is 15.7. The molecule has 0 atom stereocenters. The third kappa shape index (κ3) is 4.47. The van der Waals surface area contributed by atoms with Crippen molar-refractivity contribution in [3.63, 3.8) is 0 Å². The second-order valence-corrected chi connectivity index (χ2v) is 7.98. The van der Waals surface area contributed by atoms with Gasteiger partial charge in [0.1, 0.15) is 22.8 Å². The number of fused-ring (bicyclic) bond motifs is 1. The maximum Gasteiger partial charge on any atom is 0.251 e. The van der Waals surface area contributed by atoms with Crippen LogP contribution in [0.3, 0.4) is 0 Å². The summed E-state index contributed by atoms with van der Waals surface area (Å²) in [6.07, 6.45) is 7.47. The van der Waals surface area contributed by atoms with E-state index in [2.05, 4.69) is 40.8 Å². The highest BCUT2D eigenvalue weighted by atomic mass is 32.2. The zero-order chi connectivity index (χ0) is 21.8. The first-order valence-corrected chi connectivity index (χ1v) is 10.7. The number of anilines is 2. The molecule has 0 aliphatic carbocycles. The van der Waals surface area contributed by atoms with Crippen LogP contribution in [0.1, 0.15) is 16.1 Å². The van der Waals surface area contributed by atoms with Crippen molar-refractivity contribution in [3.8, 4) is 0 Å². The van der Waals surface area contributed by atoms with Gasteiger partial charge in [0.15, 0.2) is 0 Å². The third-order valence-electron chi connectivity index (χ3n) is 4.68. The molecule has 0 aliphatic rings. The fraction of sp³-hybridized carbons (Fsp3) is 0.0952. The van der Waals surface area contributed by atoms with Crippen LogP contribution < -0.4 is 10.6 Å². The second-order valence-electron chi connectivity index (χ2n) is 6.89. The van der Waals surface area contributed by atoms with Gasteiger partial charge in [0, 0.05) is 47.6 Å². The van der Waals surface area contributed by atoms with Crippen molar-refractivity contribution < 1.29 is 4.79 Å². The van der Waals surface area contributed by atoms with E-state index in [0.717, 1.165) is 21.3 Å². The Morgan fingerprint density at radius 3 is 3.03 bits per heavy atom. The maximum absolute atomic E-state index is 12.5. The van der Waals surface area contributed by atoms with Crippen molar-refractivity contribution in [2.45, 2.75) is 16.3 Å². The lowest BCUT2D eigenvalue weighted by Gasteiger charge is -2.06. The van der Waals surface area contributed by atoms with Gasteiger partial charge in [-0.15, -0.1) is 0 Å². The number of rotatable bonds is 8. The first-order valence-electron chi connectivity index (χ1n) is 9.88. The Morgan fingerprint density at radius 1 is 1.16 bits per heavy atom. The van der Waals surface area contributed by atoms with Crippen LogP contribution in [0, 0.1) is 0 Å². The van der Waals surface area contributed by atoms with Gasteiger partial charge in [-0.2, -0.15) is 5.10 Å². The Kier molecular flexibility index (Phi) is 5.54. The molecule has 4 heterocycles. The number of carbonyl (C=O) groups is 1. The van der Waals surface area contributed by atoms with Crippen LogP contribution in [0.4, 0.5) is 11.8 Å². The Hall–Kier alpha value is -4.12. The first kappa shape index (κ1) is 19.8. The molecular formula is C21H19N9OS. The molecule has 1 aromatic carbocycles. The van der Waals surface area contributed by atoms with E-state index in [4.69, 9.17) is 0 Å². The lowest BCUT2D eigenvalue weighted by molar-refractivity contribution is 0.0954. The SMILES string of the molecule is O=C(NCCc1cnc[nH]1)c1cccc(Sc2cc(Nc3ncnc4cccn34)[nH]n2)c1. The number of hydrogen-bond acceptors (Lipinski definition) is 7. The molecule has 5 rings (SSSR count). The van der Waals surface area contributed by atoms with Crippen molar-refractivity contribution in [3.05, 3.63) is 78.8 Å². The van der Waals surface area contributed by atoms with E-state index in [1.165, 1.54) is 18.1 Å². The summed E-state index contributed by atoms with van der Waals surface area (Å²) < 4.78 is 1.85. The molecule has 11 heteroatoms. The van der Waals surface area contributed by atoms with Gasteiger partial charge in [-0.1, -0.05) is 17.8 Å². The summed E-state index contributed by atoms with van der Waals surface area (Å²) in [5, 5.41) is 14.2. The number of amides is 1. The van der Waals surface area contributed by atoms with Crippen molar-refractivity contribution in [1.82, 2.24) is 39.9 Å². The lowest BCUT2D eigenvalue weighted by atomic mass is 10.2. The minimum atomic E-state index is -0.115. The standard InChI is InChI=1S/C21H19N9OS/c31-20(23-7-6-15-11-22-12-24-15)14-3-1-4-16(9-14)32-19-10-17(28-29-19)27-21-26-13-25-18-5-2-8-30(18)21/h1-5,8-13H,6-7H2,(H,22,24)(H,23,31)(H2,25,26,27,28,29). The normalized spacial score (nSPS) is 11.0. The molecule has 0 saturated carbocycles. The van der Waals surface area contributed by atoms with Crippen molar-refractivity contribution >= 4 is 35.1 Å². The van der Waals surface area contributed by atoms with Crippen molar-refractivity contribution in [1.29, 1.82) is 0 Å². The number of hydrogen-bond donors (Lipinski definition) is 4. The van der Waals surface area contributed by atoms with Crippen LogP contribution >= 0.6 is 11.8 Å². The van der Waals surface area contributed by atoms with E-state index < -0.39 is 0 Å². The Morgan fingerprint density at radius 2 is 2.12 bits per heavy atom. The van der Waals surface area contributed by atoms with Gasteiger partial charge in [-0.05, 0) is 30.3 Å². The summed E-state index contributed by atoms with van der Waals surface area (Å²) >= 11 is 1.46. The van der Waals surface area contributed by atoms with Crippen LogP contribution in [-0.4, -0.2) is 47.0 Å². The van der Waals surface area contributed by atoms with Crippen molar-refractivity contribution in [2.75, 3.05) is 11.9 Å². The predicted octanol–water partition coefficient (Wildman–Crippen LogP) is 3.04. The number of imidazole rings is 1. The molecule has 4 aromatic heterocycles. The minimum absolute atomic E-state index is 0.115.